The number of carboxylic acid groups (broad SMARTS) is 1. The number of anilines is 1. The molecular formula is C11H17N3O3. The molecule has 0 fully saturated rings. The van der Waals surface area contributed by atoms with E-state index in [1.807, 2.05) is 13.8 Å². The Hall–Kier alpha value is -1.85. The van der Waals surface area contributed by atoms with Crippen LogP contribution in [0.2, 0.25) is 0 Å². The average Bonchev–Trinajstić information content (AvgIpc) is 2.28. The normalized spacial score (nSPS) is 12.2. The molecule has 0 radical (unpaired) electrons. The van der Waals surface area contributed by atoms with E-state index in [0.29, 0.717) is 18.2 Å². The van der Waals surface area contributed by atoms with Crippen LogP contribution < -0.4 is 10.1 Å². The quantitative estimate of drug-likeness (QED) is 0.777. The van der Waals surface area contributed by atoms with Crippen molar-refractivity contribution in [1.82, 2.24) is 9.97 Å². The standard InChI is InChI=1S/C11H17N3O3/c1-7(2)8(11(15)16)4-13-9-5-12-6-10(14-9)17-3/h5-8H,4H2,1-3H3,(H,13,14)(H,15,16). The van der Waals surface area contributed by atoms with Gasteiger partial charge in [-0.05, 0) is 5.92 Å². The van der Waals surface area contributed by atoms with Crippen molar-refractivity contribution in [3.63, 3.8) is 0 Å². The van der Waals surface area contributed by atoms with Gasteiger partial charge in [-0.1, -0.05) is 13.8 Å². The number of rotatable bonds is 6. The van der Waals surface area contributed by atoms with Gasteiger partial charge in [-0.25, -0.2) is 0 Å². The Labute approximate surface area is 100 Å². The molecule has 0 aliphatic rings. The van der Waals surface area contributed by atoms with Crippen molar-refractivity contribution in [3.8, 4) is 5.88 Å². The Balaban J connectivity index is 2.62. The molecule has 2 N–H and O–H groups in total. The largest absolute Gasteiger partial charge is 0.481 e. The second-order valence-electron chi connectivity index (χ2n) is 4.02. The molecule has 0 aliphatic heterocycles. The van der Waals surface area contributed by atoms with E-state index in [1.54, 1.807) is 0 Å². The maximum absolute atomic E-state index is 11.0. The molecule has 0 amide bonds. The highest BCUT2D eigenvalue weighted by atomic mass is 16.5. The van der Waals surface area contributed by atoms with Crippen molar-refractivity contribution in [2.75, 3.05) is 19.0 Å². The molecule has 0 saturated carbocycles. The molecule has 1 rings (SSSR count). The lowest BCUT2D eigenvalue weighted by molar-refractivity contribution is -0.142. The third-order valence-corrected chi connectivity index (χ3v) is 2.45. The molecule has 1 aromatic rings. The number of aliphatic carboxylic acids is 1. The second-order valence-corrected chi connectivity index (χ2v) is 4.02. The van der Waals surface area contributed by atoms with E-state index in [0.717, 1.165) is 0 Å². The van der Waals surface area contributed by atoms with Crippen molar-refractivity contribution < 1.29 is 14.6 Å². The summed E-state index contributed by atoms with van der Waals surface area (Å²) in [5.41, 5.74) is 0. The van der Waals surface area contributed by atoms with Crippen LogP contribution in [0.5, 0.6) is 5.88 Å². The van der Waals surface area contributed by atoms with Gasteiger partial charge in [0.15, 0.2) is 0 Å². The van der Waals surface area contributed by atoms with Crippen LogP contribution in [-0.4, -0.2) is 34.7 Å². The number of hydrogen-bond acceptors (Lipinski definition) is 5. The highest BCUT2D eigenvalue weighted by molar-refractivity contribution is 5.71. The minimum absolute atomic E-state index is 0.0542. The van der Waals surface area contributed by atoms with Crippen LogP contribution in [0.3, 0.4) is 0 Å². The van der Waals surface area contributed by atoms with E-state index in [1.165, 1.54) is 19.5 Å². The molecule has 17 heavy (non-hydrogen) atoms. The number of aromatic nitrogens is 2. The van der Waals surface area contributed by atoms with E-state index in [4.69, 9.17) is 9.84 Å². The molecule has 1 unspecified atom stereocenters. The summed E-state index contributed by atoms with van der Waals surface area (Å²) in [4.78, 5) is 19.0. The van der Waals surface area contributed by atoms with Gasteiger partial charge in [-0.15, -0.1) is 0 Å². The molecule has 0 saturated heterocycles. The summed E-state index contributed by atoms with van der Waals surface area (Å²) < 4.78 is 4.93. The van der Waals surface area contributed by atoms with Crippen molar-refractivity contribution in [1.29, 1.82) is 0 Å². The van der Waals surface area contributed by atoms with E-state index in [2.05, 4.69) is 15.3 Å². The predicted octanol–water partition coefficient (Wildman–Crippen LogP) is 1.25. The number of methoxy groups -OCH3 is 1. The Kier molecular flexibility index (Phi) is 4.68. The van der Waals surface area contributed by atoms with Crippen LogP contribution in [0.15, 0.2) is 12.4 Å². The lowest BCUT2D eigenvalue weighted by Crippen LogP contribution is -2.27. The third kappa shape index (κ3) is 3.90. The Morgan fingerprint density at radius 1 is 1.53 bits per heavy atom. The summed E-state index contributed by atoms with van der Waals surface area (Å²) in [6.45, 7) is 4.06. The first-order valence-corrected chi connectivity index (χ1v) is 5.37. The van der Waals surface area contributed by atoms with Gasteiger partial charge in [0, 0.05) is 6.54 Å². The summed E-state index contributed by atoms with van der Waals surface area (Å²) in [5, 5.41) is 12.0. The van der Waals surface area contributed by atoms with Crippen molar-refractivity contribution in [2.45, 2.75) is 13.8 Å². The number of nitrogens with zero attached hydrogens (tertiary/aromatic N) is 2. The minimum Gasteiger partial charge on any atom is -0.481 e. The van der Waals surface area contributed by atoms with Crippen LogP contribution >= 0.6 is 0 Å². The maximum atomic E-state index is 11.0. The second kappa shape index (κ2) is 6.03. The number of hydrogen-bond donors (Lipinski definition) is 2. The van der Waals surface area contributed by atoms with Crippen LogP contribution in [0.4, 0.5) is 5.82 Å². The molecule has 6 heteroatoms. The molecule has 1 aromatic heterocycles. The molecular weight excluding hydrogens is 222 g/mol. The maximum Gasteiger partial charge on any atom is 0.308 e. The van der Waals surface area contributed by atoms with Gasteiger partial charge in [0.05, 0.1) is 25.4 Å². The zero-order valence-corrected chi connectivity index (χ0v) is 10.2. The molecule has 0 aliphatic carbocycles. The first-order valence-electron chi connectivity index (χ1n) is 5.37. The van der Waals surface area contributed by atoms with Gasteiger partial charge in [-0.3, -0.25) is 9.78 Å². The molecule has 0 spiro atoms. The minimum atomic E-state index is -0.816. The SMILES string of the molecule is COc1cncc(NCC(C(=O)O)C(C)C)n1. The average molecular weight is 239 g/mol. The zero-order chi connectivity index (χ0) is 12.8. The molecule has 0 bridgehead atoms. The fourth-order valence-corrected chi connectivity index (χ4v) is 1.35. The van der Waals surface area contributed by atoms with Gasteiger partial charge in [0.1, 0.15) is 5.82 Å². The van der Waals surface area contributed by atoms with Crippen molar-refractivity contribution in [2.24, 2.45) is 11.8 Å². The Morgan fingerprint density at radius 3 is 2.76 bits per heavy atom. The molecule has 0 aromatic carbocycles. The Bertz CT molecular complexity index is 382. The zero-order valence-electron chi connectivity index (χ0n) is 10.2. The van der Waals surface area contributed by atoms with Crippen LogP contribution in [0.25, 0.3) is 0 Å². The molecule has 1 heterocycles. The lowest BCUT2D eigenvalue weighted by atomic mass is 9.96. The topological polar surface area (TPSA) is 84.3 Å². The van der Waals surface area contributed by atoms with E-state index in [9.17, 15) is 4.79 Å². The predicted molar refractivity (Wildman–Crippen MR) is 63.0 cm³/mol. The van der Waals surface area contributed by atoms with E-state index in [-0.39, 0.29) is 5.92 Å². The van der Waals surface area contributed by atoms with Crippen LogP contribution in [0, 0.1) is 11.8 Å². The highest BCUT2D eigenvalue weighted by Gasteiger charge is 2.21. The van der Waals surface area contributed by atoms with E-state index < -0.39 is 11.9 Å². The summed E-state index contributed by atoms with van der Waals surface area (Å²) in [5.74, 6) is -0.312. The van der Waals surface area contributed by atoms with Gasteiger partial charge >= 0.3 is 5.97 Å². The summed E-state index contributed by atoms with van der Waals surface area (Å²) in [6, 6.07) is 0. The lowest BCUT2D eigenvalue weighted by Gasteiger charge is -2.16. The fraction of sp³-hybridized carbons (Fsp3) is 0.545. The monoisotopic (exact) mass is 239 g/mol. The Morgan fingerprint density at radius 2 is 2.24 bits per heavy atom. The number of carboxylic acids is 1. The van der Waals surface area contributed by atoms with Gasteiger partial charge in [-0.2, -0.15) is 4.98 Å². The van der Waals surface area contributed by atoms with Crippen LogP contribution in [0.1, 0.15) is 13.8 Å². The number of ether oxygens (including phenoxy) is 1. The summed E-state index contributed by atoms with van der Waals surface area (Å²) in [6.07, 6.45) is 3.02. The van der Waals surface area contributed by atoms with Crippen LogP contribution in [-0.2, 0) is 4.79 Å². The third-order valence-electron chi connectivity index (χ3n) is 2.45. The summed E-state index contributed by atoms with van der Waals surface area (Å²) in [7, 11) is 1.50. The number of carbonyl (C=O) groups is 1. The fourth-order valence-electron chi connectivity index (χ4n) is 1.35. The molecule has 94 valence electrons. The first kappa shape index (κ1) is 13.2. The first-order chi connectivity index (χ1) is 8.04. The smallest absolute Gasteiger partial charge is 0.308 e. The van der Waals surface area contributed by atoms with Gasteiger partial charge in [0.2, 0.25) is 5.88 Å². The number of nitrogens with one attached hydrogen (secondary N) is 1. The van der Waals surface area contributed by atoms with Gasteiger partial charge < -0.3 is 15.2 Å². The molecule has 1 atom stereocenters. The summed E-state index contributed by atoms with van der Waals surface area (Å²) >= 11 is 0. The highest BCUT2D eigenvalue weighted by Crippen LogP contribution is 2.13. The van der Waals surface area contributed by atoms with Crippen molar-refractivity contribution >= 4 is 11.8 Å². The van der Waals surface area contributed by atoms with E-state index >= 15 is 0 Å². The van der Waals surface area contributed by atoms with Crippen molar-refractivity contribution in [3.05, 3.63) is 12.4 Å². The van der Waals surface area contributed by atoms with Gasteiger partial charge in [0.25, 0.3) is 0 Å². The molecule has 6 nitrogen and oxygen atoms in total.